The Labute approximate surface area is 127 Å². The zero-order valence-corrected chi connectivity index (χ0v) is 12.6. The average molecular weight is 303 g/mol. The first kappa shape index (κ1) is 15.4. The minimum absolute atomic E-state index is 0.0241. The molecule has 110 valence electrons. The van der Waals surface area contributed by atoms with Crippen LogP contribution in [0.5, 0.6) is 0 Å². The SMILES string of the molecule is CC(Cc1ccco1)NC(=O)c1sccc1C#CCCO. The molecule has 0 aliphatic heterocycles. The average Bonchev–Trinajstić information content (AvgIpc) is 3.10. The fourth-order valence-corrected chi connectivity index (χ4v) is 2.62. The standard InChI is InChI=1S/C16H17NO3S/c1-12(11-14-6-4-9-20-14)17-16(19)15-13(7-10-21-15)5-2-3-8-18/h4,6-7,9-10,12,18H,3,8,11H2,1H3,(H,17,19). The molecule has 0 aliphatic carbocycles. The van der Waals surface area contributed by atoms with Crippen LogP contribution in [0, 0.1) is 11.8 Å². The summed E-state index contributed by atoms with van der Waals surface area (Å²) in [6.07, 6.45) is 2.68. The van der Waals surface area contributed by atoms with Crippen molar-refractivity contribution in [1.82, 2.24) is 5.32 Å². The monoisotopic (exact) mass is 303 g/mol. The van der Waals surface area contributed by atoms with Crippen LogP contribution in [0.15, 0.2) is 34.3 Å². The van der Waals surface area contributed by atoms with E-state index in [1.807, 2.05) is 30.5 Å². The van der Waals surface area contributed by atoms with Crippen molar-refractivity contribution in [2.45, 2.75) is 25.8 Å². The van der Waals surface area contributed by atoms with Crippen molar-refractivity contribution in [2.75, 3.05) is 6.61 Å². The van der Waals surface area contributed by atoms with Crippen LogP contribution in [0.2, 0.25) is 0 Å². The summed E-state index contributed by atoms with van der Waals surface area (Å²) < 4.78 is 5.27. The number of amides is 1. The predicted molar refractivity (Wildman–Crippen MR) is 82.2 cm³/mol. The smallest absolute Gasteiger partial charge is 0.262 e. The molecule has 2 aromatic rings. The van der Waals surface area contributed by atoms with E-state index in [9.17, 15) is 4.79 Å². The molecular weight excluding hydrogens is 286 g/mol. The summed E-state index contributed by atoms with van der Waals surface area (Å²) in [5.41, 5.74) is 0.705. The molecule has 1 unspecified atom stereocenters. The van der Waals surface area contributed by atoms with Crippen molar-refractivity contribution in [3.63, 3.8) is 0 Å². The number of furan rings is 1. The molecule has 21 heavy (non-hydrogen) atoms. The van der Waals surface area contributed by atoms with Crippen molar-refractivity contribution in [2.24, 2.45) is 0 Å². The normalized spacial score (nSPS) is 11.5. The Morgan fingerprint density at radius 2 is 2.38 bits per heavy atom. The number of rotatable bonds is 5. The third-order valence-corrected chi connectivity index (χ3v) is 3.71. The Morgan fingerprint density at radius 1 is 1.52 bits per heavy atom. The molecule has 2 N–H and O–H groups in total. The van der Waals surface area contributed by atoms with E-state index >= 15 is 0 Å². The van der Waals surface area contributed by atoms with Crippen LogP contribution in [0.1, 0.15) is 34.3 Å². The Hall–Kier alpha value is -2.03. The molecule has 0 fully saturated rings. The first-order chi connectivity index (χ1) is 10.2. The molecule has 5 heteroatoms. The molecule has 1 atom stereocenters. The Kier molecular flexibility index (Phi) is 5.61. The van der Waals surface area contributed by atoms with E-state index in [0.29, 0.717) is 23.3 Å². The third kappa shape index (κ3) is 4.48. The van der Waals surface area contributed by atoms with Gasteiger partial charge in [0.25, 0.3) is 5.91 Å². The summed E-state index contributed by atoms with van der Waals surface area (Å²) in [4.78, 5) is 12.9. The van der Waals surface area contributed by atoms with E-state index in [4.69, 9.17) is 9.52 Å². The molecule has 2 heterocycles. The number of thiophene rings is 1. The van der Waals surface area contributed by atoms with Crippen molar-refractivity contribution in [3.8, 4) is 11.8 Å². The maximum absolute atomic E-state index is 12.2. The number of hydrogen-bond acceptors (Lipinski definition) is 4. The minimum Gasteiger partial charge on any atom is -0.469 e. The molecule has 2 rings (SSSR count). The lowest BCUT2D eigenvalue weighted by atomic mass is 10.2. The van der Waals surface area contributed by atoms with Gasteiger partial charge in [0.15, 0.2) is 0 Å². The van der Waals surface area contributed by atoms with Crippen molar-refractivity contribution in [3.05, 3.63) is 46.0 Å². The number of carbonyl (C=O) groups is 1. The van der Waals surface area contributed by atoms with E-state index < -0.39 is 0 Å². The molecule has 0 radical (unpaired) electrons. The molecule has 0 aromatic carbocycles. The highest BCUT2D eigenvalue weighted by Gasteiger charge is 2.15. The fourth-order valence-electron chi connectivity index (χ4n) is 1.87. The summed E-state index contributed by atoms with van der Waals surface area (Å²) in [6, 6.07) is 5.52. The molecule has 0 saturated carbocycles. The first-order valence-corrected chi connectivity index (χ1v) is 7.59. The van der Waals surface area contributed by atoms with Gasteiger partial charge in [0.05, 0.1) is 12.9 Å². The third-order valence-electron chi connectivity index (χ3n) is 2.80. The van der Waals surface area contributed by atoms with Gasteiger partial charge in [0.1, 0.15) is 10.6 Å². The van der Waals surface area contributed by atoms with Gasteiger partial charge in [-0.05, 0) is 30.5 Å². The Bertz CT molecular complexity index is 634. The fraction of sp³-hybridized carbons (Fsp3) is 0.312. The molecular formula is C16H17NO3S. The lowest BCUT2D eigenvalue weighted by Crippen LogP contribution is -2.33. The van der Waals surface area contributed by atoms with Crippen LogP contribution in [0.4, 0.5) is 0 Å². The van der Waals surface area contributed by atoms with Crippen molar-refractivity contribution >= 4 is 17.2 Å². The summed E-state index contributed by atoms with van der Waals surface area (Å²) in [5, 5.41) is 13.5. The highest BCUT2D eigenvalue weighted by atomic mass is 32.1. The van der Waals surface area contributed by atoms with Gasteiger partial charge < -0.3 is 14.8 Å². The van der Waals surface area contributed by atoms with Gasteiger partial charge in [0, 0.05) is 24.4 Å². The van der Waals surface area contributed by atoms with Gasteiger partial charge >= 0.3 is 0 Å². The predicted octanol–water partition coefficient (Wildman–Crippen LogP) is 2.44. The second kappa shape index (κ2) is 7.67. The number of nitrogens with one attached hydrogen (secondary N) is 1. The van der Waals surface area contributed by atoms with Gasteiger partial charge in [-0.1, -0.05) is 11.8 Å². The van der Waals surface area contributed by atoms with E-state index in [1.54, 1.807) is 6.26 Å². The van der Waals surface area contributed by atoms with Crippen LogP contribution in [-0.4, -0.2) is 23.7 Å². The van der Waals surface area contributed by atoms with Crippen molar-refractivity contribution < 1.29 is 14.3 Å². The first-order valence-electron chi connectivity index (χ1n) is 6.71. The van der Waals surface area contributed by atoms with Crippen LogP contribution in [0.25, 0.3) is 0 Å². The van der Waals surface area contributed by atoms with Crippen LogP contribution >= 0.6 is 11.3 Å². The molecule has 4 nitrogen and oxygen atoms in total. The quantitative estimate of drug-likeness (QED) is 0.834. The molecule has 2 aromatic heterocycles. The van der Waals surface area contributed by atoms with Crippen LogP contribution in [0.3, 0.4) is 0 Å². The Balaban J connectivity index is 1.97. The van der Waals surface area contributed by atoms with Gasteiger partial charge in [-0.25, -0.2) is 0 Å². The van der Waals surface area contributed by atoms with E-state index in [1.165, 1.54) is 11.3 Å². The van der Waals surface area contributed by atoms with E-state index in [2.05, 4.69) is 17.2 Å². The summed E-state index contributed by atoms with van der Waals surface area (Å²) in [6.45, 7) is 1.96. The highest BCUT2D eigenvalue weighted by molar-refractivity contribution is 7.12. The van der Waals surface area contributed by atoms with Gasteiger partial charge in [-0.15, -0.1) is 11.3 Å². The lowest BCUT2D eigenvalue weighted by Gasteiger charge is -2.11. The number of aliphatic hydroxyl groups is 1. The molecule has 1 amide bonds. The maximum Gasteiger partial charge on any atom is 0.262 e. The number of hydrogen-bond donors (Lipinski definition) is 2. The van der Waals surface area contributed by atoms with Crippen LogP contribution < -0.4 is 5.32 Å². The largest absolute Gasteiger partial charge is 0.469 e. The highest BCUT2D eigenvalue weighted by Crippen LogP contribution is 2.16. The van der Waals surface area contributed by atoms with Crippen LogP contribution in [-0.2, 0) is 6.42 Å². The topological polar surface area (TPSA) is 62.5 Å². The van der Waals surface area contributed by atoms with Gasteiger partial charge in [-0.3, -0.25) is 4.79 Å². The lowest BCUT2D eigenvalue weighted by molar-refractivity contribution is 0.0943. The van der Waals surface area contributed by atoms with E-state index in [-0.39, 0.29) is 18.6 Å². The van der Waals surface area contributed by atoms with E-state index in [0.717, 1.165) is 5.76 Å². The number of carbonyl (C=O) groups excluding carboxylic acids is 1. The summed E-state index contributed by atoms with van der Waals surface area (Å²) in [5.74, 6) is 6.47. The molecule has 0 aliphatic rings. The van der Waals surface area contributed by atoms with Crippen molar-refractivity contribution in [1.29, 1.82) is 0 Å². The second-order valence-electron chi connectivity index (χ2n) is 4.60. The van der Waals surface area contributed by atoms with Gasteiger partial charge in [0.2, 0.25) is 0 Å². The molecule has 0 bridgehead atoms. The maximum atomic E-state index is 12.2. The molecule has 0 spiro atoms. The van der Waals surface area contributed by atoms with Gasteiger partial charge in [-0.2, -0.15) is 0 Å². The zero-order chi connectivity index (χ0) is 15.1. The summed E-state index contributed by atoms with van der Waals surface area (Å²) in [7, 11) is 0. The summed E-state index contributed by atoms with van der Waals surface area (Å²) >= 11 is 1.37. The number of aliphatic hydroxyl groups excluding tert-OH is 1. The Morgan fingerprint density at radius 3 is 3.10 bits per heavy atom. The zero-order valence-electron chi connectivity index (χ0n) is 11.8. The minimum atomic E-state index is -0.127. The second-order valence-corrected chi connectivity index (χ2v) is 5.51. The molecule has 0 saturated heterocycles.